The minimum atomic E-state index is -3.90. The van der Waals surface area contributed by atoms with Gasteiger partial charge in [-0.15, -0.1) is 0 Å². The molecule has 0 bridgehead atoms. The van der Waals surface area contributed by atoms with Crippen LogP contribution < -0.4 is 4.90 Å². The molecule has 3 aromatic rings. The molecule has 11 heteroatoms. The highest BCUT2D eigenvalue weighted by Crippen LogP contribution is 2.44. The molecular weight excluding hydrogens is 414 g/mol. The molecule has 0 spiro atoms. The van der Waals surface area contributed by atoms with Gasteiger partial charge in [0.25, 0.3) is 17.3 Å². The van der Waals surface area contributed by atoms with Gasteiger partial charge in [-0.2, -0.15) is 0 Å². The molecule has 0 saturated heterocycles. The van der Waals surface area contributed by atoms with E-state index in [0.717, 1.165) is 23.1 Å². The molecule has 3 aromatic carbocycles. The monoisotopic (exact) mass is 425 g/mol. The molecule has 1 heterocycles. The summed E-state index contributed by atoms with van der Waals surface area (Å²) < 4.78 is 25.9. The summed E-state index contributed by atoms with van der Waals surface area (Å²) in [6.45, 7) is 0. The maximum Gasteiger partial charge on any atom is 0.277 e. The molecule has 0 N–H and O–H groups in total. The summed E-state index contributed by atoms with van der Waals surface area (Å²) in [7, 11) is -3.90. The van der Waals surface area contributed by atoms with Gasteiger partial charge < -0.3 is 0 Å². The van der Waals surface area contributed by atoms with Gasteiger partial charge in [0.2, 0.25) is 9.84 Å². The van der Waals surface area contributed by atoms with Gasteiger partial charge in [0.1, 0.15) is 0 Å². The van der Waals surface area contributed by atoms with Gasteiger partial charge in [0, 0.05) is 12.1 Å². The van der Waals surface area contributed by atoms with E-state index in [-0.39, 0.29) is 26.7 Å². The number of hydrogen-bond acceptors (Lipinski definition) is 7. The third kappa shape index (κ3) is 2.88. The molecule has 0 fully saturated rings. The molecule has 1 aliphatic heterocycles. The second-order valence-corrected chi connectivity index (χ2v) is 8.22. The van der Waals surface area contributed by atoms with Crippen molar-refractivity contribution in [3.63, 3.8) is 0 Å². The zero-order valence-corrected chi connectivity index (χ0v) is 15.8. The summed E-state index contributed by atoms with van der Waals surface area (Å²) in [5.74, 6) is -0.836. The number of amides is 1. The first-order valence-electron chi connectivity index (χ1n) is 8.43. The summed E-state index contributed by atoms with van der Waals surface area (Å²) >= 11 is 0. The fourth-order valence-electron chi connectivity index (χ4n) is 3.26. The van der Waals surface area contributed by atoms with Crippen LogP contribution in [0.5, 0.6) is 0 Å². The van der Waals surface area contributed by atoms with Crippen molar-refractivity contribution in [1.29, 1.82) is 0 Å². The van der Waals surface area contributed by atoms with E-state index in [9.17, 15) is 33.4 Å². The number of nitro groups is 2. The van der Waals surface area contributed by atoms with Crippen LogP contribution in [0, 0.1) is 20.2 Å². The van der Waals surface area contributed by atoms with E-state index in [2.05, 4.69) is 0 Å². The van der Waals surface area contributed by atoms with E-state index < -0.39 is 37.0 Å². The lowest BCUT2D eigenvalue weighted by Gasteiger charge is -2.31. The van der Waals surface area contributed by atoms with E-state index in [1.807, 2.05) is 0 Å². The van der Waals surface area contributed by atoms with Gasteiger partial charge in [-0.05, 0) is 24.3 Å². The molecule has 0 unspecified atom stereocenters. The molecule has 10 nitrogen and oxygen atoms in total. The number of rotatable bonds is 3. The van der Waals surface area contributed by atoms with Crippen LogP contribution in [0.15, 0.2) is 76.5 Å². The maximum absolute atomic E-state index is 13.4. The van der Waals surface area contributed by atoms with Crippen LogP contribution in [0.2, 0.25) is 0 Å². The van der Waals surface area contributed by atoms with Crippen LogP contribution >= 0.6 is 0 Å². The number of nitrogens with zero attached hydrogens (tertiary/aromatic N) is 3. The number of para-hydroxylation sites is 2. The lowest BCUT2D eigenvalue weighted by Crippen LogP contribution is -2.32. The number of benzene rings is 3. The van der Waals surface area contributed by atoms with Gasteiger partial charge in [-0.25, -0.2) is 8.42 Å². The van der Waals surface area contributed by atoms with Crippen LogP contribution in [0.4, 0.5) is 22.7 Å². The van der Waals surface area contributed by atoms with Crippen molar-refractivity contribution in [2.75, 3.05) is 4.90 Å². The zero-order chi connectivity index (χ0) is 21.6. The molecular formula is C19H11N3O7S. The minimum Gasteiger partial charge on any atom is -0.274 e. The SMILES string of the molecule is O=C(c1cc([N+](=O)[O-])cc([N+](=O)[O-])c1)N1c2ccccc2S(=O)(=O)c2ccccc21. The van der Waals surface area contributed by atoms with Crippen molar-refractivity contribution in [2.24, 2.45) is 0 Å². The Morgan fingerprint density at radius 3 is 1.63 bits per heavy atom. The van der Waals surface area contributed by atoms with Gasteiger partial charge >= 0.3 is 0 Å². The zero-order valence-electron chi connectivity index (χ0n) is 15.0. The number of sulfone groups is 1. The quantitative estimate of drug-likeness (QED) is 0.461. The first-order chi connectivity index (χ1) is 14.2. The Bertz CT molecular complexity index is 1270. The first-order valence-corrected chi connectivity index (χ1v) is 9.91. The molecule has 0 radical (unpaired) electrons. The predicted octanol–water partition coefficient (Wildman–Crippen LogP) is 3.63. The van der Waals surface area contributed by atoms with Crippen molar-refractivity contribution in [3.8, 4) is 0 Å². The summed E-state index contributed by atoms with van der Waals surface area (Å²) in [6.07, 6.45) is 0. The van der Waals surface area contributed by atoms with Gasteiger partial charge in [-0.3, -0.25) is 29.9 Å². The van der Waals surface area contributed by atoms with Crippen molar-refractivity contribution >= 4 is 38.5 Å². The smallest absolute Gasteiger partial charge is 0.274 e. The Balaban J connectivity index is 1.97. The summed E-state index contributed by atoms with van der Waals surface area (Å²) in [5, 5.41) is 22.4. The molecule has 1 amide bonds. The predicted molar refractivity (Wildman–Crippen MR) is 105 cm³/mol. The largest absolute Gasteiger partial charge is 0.277 e. The fraction of sp³-hybridized carbons (Fsp3) is 0. The molecule has 4 rings (SSSR count). The second kappa shape index (κ2) is 6.74. The third-order valence-corrected chi connectivity index (χ3v) is 6.41. The topological polar surface area (TPSA) is 141 Å². The van der Waals surface area contributed by atoms with Crippen molar-refractivity contribution in [2.45, 2.75) is 9.79 Å². The van der Waals surface area contributed by atoms with E-state index in [1.165, 1.54) is 36.4 Å². The fourth-order valence-corrected chi connectivity index (χ4v) is 4.89. The average molecular weight is 425 g/mol. The van der Waals surface area contributed by atoms with E-state index >= 15 is 0 Å². The van der Waals surface area contributed by atoms with Crippen LogP contribution in [-0.2, 0) is 9.84 Å². The van der Waals surface area contributed by atoms with Crippen LogP contribution in [-0.4, -0.2) is 24.2 Å². The van der Waals surface area contributed by atoms with Gasteiger partial charge in [0.15, 0.2) is 0 Å². The minimum absolute atomic E-state index is 0.0513. The van der Waals surface area contributed by atoms with Crippen molar-refractivity contribution in [3.05, 3.63) is 92.5 Å². The maximum atomic E-state index is 13.4. The summed E-state index contributed by atoms with van der Waals surface area (Å²) in [6, 6.07) is 14.2. The summed E-state index contributed by atoms with van der Waals surface area (Å²) in [4.78, 5) is 34.9. The molecule has 1 aliphatic rings. The highest BCUT2D eigenvalue weighted by molar-refractivity contribution is 7.92. The first kappa shape index (κ1) is 19.2. The van der Waals surface area contributed by atoms with Crippen LogP contribution in [0.25, 0.3) is 0 Å². The van der Waals surface area contributed by atoms with Crippen LogP contribution in [0.1, 0.15) is 10.4 Å². The number of hydrogen-bond donors (Lipinski definition) is 0. The van der Waals surface area contributed by atoms with Gasteiger partial charge in [-0.1, -0.05) is 24.3 Å². The Morgan fingerprint density at radius 2 is 1.20 bits per heavy atom. The normalized spacial score (nSPS) is 13.8. The van der Waals surface area contributed by atoms with E-state index in [0.29, 0.717) is 0 Å². The number of fused-ring (bicyclic) bond motifs is 2. The molecule has 0 atom stereocenters. The Labute approximate surface area is 169 Å². The highest BCUT2D eigenvalue weighted by Gasteiger charge is 2.37. The van der Waals surface area contributed by atoms with Crippen LogP contribution in [0.3, 0.4) is 0 Å². The number of carbonyl (C=O) groups excluding carboxylic acids is 1. The standard InChI is InChI=1S/C19H11N3O7S/c23-19(12-9-13(21(24)25)11-14(10-12)22(26)27)20-15-5-1-3-7-17(15)30(28,29)18-8-4-2-6-16(18)20/h1-11H. The number of nitro benzene ring substituents is 2. The summed E-state index contributed by atoms with van der Waals surface area (Å²) in [5.41, 5.74) is -1.47. The lowest BCUT2D eigenvalue weighted by atomic mass is 10.1. The lowest BCUT2D eigenvalue weighted by molar-refractivity contribution is -0.394. The van der Waals surface area contributed by atoms with Gasteiger partial charge in [0.05, 0.1) is 42.6 Å². The van der Waals surface area contributed by atoms with E-state index in [4.69, 9.17) is 0 Å². The molecule has 0 saturated carbocycles. The number of carbonyl (C=O) groups is 1. The highest BCUT2D eigenvalue weighted by atomic mass is 32.2. The van der Waals surface area contributed by atoms with Crippen molar-refractivity contribution in [1.82, 2.24) is 0 Å². The number of non-ortho nitro benzene ring substituents is 2. The number of anilines is 2. The Hall–Kier alpha value is -4.12. The van der Waals surface area contributed by atoms with E-state index in [1.54, 1.807) is 12.1 Å². The average Bonchev–Trinajstić information content (AvgIpc) is 2.73. The Morgan fingerprint density at radius 1 is 0.767 bits per heavy atom. The third-order valence-electron chi connectivity index (χ3n) is 4.57. The molecule has 0 aromatic heterocycles. The molecule has 30 heavy (non-hydrogen) atoms. The Kier molecular flexibility index (Phi) is 4.32. The second-order valence-electron chi connectivity index (χ2n) is 6.33. The molecule has 150 valence electrons. The van der Waals surface area contributed by atoms with Crippen molar-refractivity contribution < 1.29 is 23.1 Å². The molecule has 0 aliphatic carbocycles.